The number of benzene rings is 1. The molecule has 0 radical (unpaired) electrons. The average Bonchev–Trinajstić information content (AvgIpc) is 3.12. The molecule has 8 nitrogen and oxygen atoms in total. The third kappa shape index (κ3) is 4.91. The molecule has 27 heavy (non-hydrogen) atoms. The first-order valence-corrected chi connectivity index (χ1v) is 9.22. The van der Waals surface area contributed by atoms with E-state index in [1.165, 1.54) is 23.9 Å². The van der Waals surface area contributed by atoms with Crippen LogP contribution in [-0.2, 0) is 0 Å². The van der Waals surface area contributed by atoms with Crippen molar-refractivity contribution in [3.05, 3.63) is 52.3 Å². The van der Waals surface area contributed by atoms with Crippen molar-refractivity contribution in [2.75, 3.05) is 29.1 Å². The Labute approximate surface area is 164 Å². The van der Waals surface area contributed by atoms with Gasteiger partial charge in [0.25, 0.3) is 5.91 Å². The fourth-order valence-corrected chi connectivity index (χ4v) is 3.21. The van der Waals surface area contributed by atoms with Crippen LogP contribution in [0.25, 0.3) is 0 Å². The minimum Gasteiger partial charge on any atom is -0.395 e. The summed E-state index contributed by atoms with van der Waals surface area (Å²) >= 11 is 7.34. The molecule has 4 N–H and O–H groups in total. The number of nitrogens with one attached hydrogen (secondary N) is 3. The third-order valence-corrected chi connectivity index (χ3v) is 4.74. The fourth-order valence-electron chi connectivity index (χ4n) is 2.22. The van der Waals surface area contributed by atoms with E-state index in [4.69, 9.17) is 16.7 Å². The van der Waals surface area contributed by atoms with Crippen molar-refractivity contribution < 1.29 is 9.90 Å². The van der Waals surface area contributed by atoms with E-state index in [2.05, 4.69) is 30.9 Å². The molecule has 0 fully saturated rings. The number of amides is 1. The minimum atomic E-state index is -0.287. The number of carbonyl (C=O) groups is 1. The molecule has 3 aromatic rings. The standard InChI is InChI=1S/C17H17ClN6O2S/c1-10-3-2-4-11(18)15(10)24-16(26)12-8-20-17(27-12)23-14-7-13(19-5-6-25)21-9-22-14/h2-4,7-9,25H,5-6H2,1H3,(H,24,26)(H2,19,20,21,22,23). The van der Waals surface area contributed by atoms with Crippen molar-refractivity contribution in [2.24, 2.45) is 0 Å². The Morgan fingerprint density at radius 3 is 2.85 bits per heavy atom. The first kappa shape index (κ1) is 19.0. The summed E-state index contributed by atoms with van der Waals surface area (Å²) in [5, 5.41) is 18.6. The first-order chi connectivity index (χ1) is 13.1. The van der Waals surface area contributed by atoms with E-state index in [9.17, 15) is 4.79 Å². The van der Waals surface area contributed by atoms with Gasteiger partial charge in [-0.1, -0.05) is 35.1 Å². The summed E-state index contributed by atoms with van der Waals surface area (Å²) in [5.41, 5.74) is 1.46. The number of hydrogen-bond acceptors (Lipinski definition) is 8. The monoisotopic (exact) mass is 404 g/mol. The highest BCUT2D eigenvalue weighted by Gasteiger charge is 2.14. The number of nitrogens with zero attached hydrogens (tertiary/aromatic N) is 3. The lowest BCUT2D eigenvalue weighted by Crippen LogP contribution is -2.11. The van der Waals surface area contributed by atoms with E-state index in [0.717, 1.165) is 5.56 Å². The largest absolute Gasteiger partial charge is 0.395 e. The summed E-state index contributed by atoms with van der Waals surface area (Å²) < 4.78 is 0. The molecule has 0 aliphatic carbocycles. The van der Waals surface area contributed by atoms with Gasteiger partial charge in [-0.2, -0.15) is 0 Å². The van der Waals surface area contributed by atoms with E-state index in [-0.39, 0.29) is 12.5 Å². The molecule has 0 bridgehead atoms. The number of aryl methyl sites for hydroxylation is 1. The molecule has 0 aliphatic rings. The van der Waals surface area contributed by atoms with Crippen molar-refractivity contribution in [3.8, 4) is 0 Å². The normalized spacial score (nSPS) is 10.5. The molecule has 0 unspecified atom stereocenters. The van der Waals surface area contributed by atoms with Crippen LogP contribution in [0.5, 0.6) is 0 Å². The second kappa shape index (κ2) is 8.76. The van der Waals surface area contributed by atoms with Crippen LogP contribution in [0, 0.1) is 6.92 Å². The molecule has 0 spiro atoms. The van der Waals surface area contributed by atoms with Crippen LogP contribution >= 0.6 is 22.9 Å². The number of carbonyl (C=O) groups excluding carboxylic acids is 1. The number of rotatable bonds is 7. The molecule has 2 aromatic heterocycles. The van der Waals surface area contributed by atoms with Gasteiger partial charge in [0.05, 0.1) is 23.5 Å². The van der Waals surface area contributed by atoms with Gasteiger partial charge in [0.2, 0.25) is 0 Å². The molecule has 140 valence electrons. The van der Waals surface area contributed by atoms with Gasteiger partial charge in [0.15, 0.2) is 5.13 Å². The van der Waals surface area contributed by atoms with E-state index in [0.29, 0.717) is 38.9 Å². The maximum Gasteiger partial charge on any atom is 0.267 e. The highest BCUT2D eigenvalue weighted by molar-refractivity contribution is 7.17. The SMILES string of the molecule is Cc1cccc(Cl)c1NC(=O)c1cnc(Nc2cc(NCCO)ncn2)s1. The Morgan fingerprint density at radius 1 is 1.26 bits per heavy atom. The summed E-state index contributed by atoms with van der Waals surface area (Å²) in [6.07, 6.45) is 2.88. The number of aromatic nitrogens is 3. The quantitative estimate of drug-likeness (QED) is 0.478. The van der Waals surface area contributed by atoms with Crippen LogP contribution in [0.15, 0.2) is 36.8 Å². The van der Waals surface area contributed by atoms with Crippen molar-refractivity contribution in [3.63, 3.8) is 0 Å². The molecule has 2 heterocycles. The lowest BCUT2D eigenvalue weighted by molar-refractivity contribution is 0.103. The summed E-state index contributed by atoms with van der Waals surface area (Å²) in [7, 11) is 0. The van der Waals surface area contributed by atoms with Gasteiger partial charge in [0, 0.05) is 12.6 Å². The molecule has 3 rings (SSSR count). The Hall–Kier alpha value is -2.75. The van der Waals surface area contributed by atoms with Crippen LogP contribution in [0.4, 0.5) is 22.5 Å². The Morgan fingerprint density at radius 2 is 2.07 bits per heavy atom. The van der Waals surface area contributed by atoms with Gasteiger partial charge in [-0.25, -0.2) is 15.0 Å². The molecular formula is C17H17ClN6O2S. The van der Waals surface area contributed by atoms with Crippen LogP contribution in [0.1, 0.15) is 15.2 Å². The predicted molar refractivity (Wildman–Crippen MR) is 107 cm³/mol. The predicted octanol–water partition coefficient (Wildman–Crippen LogP) is 3.30. The minimum absolute atomic E-state index is 0.00260. The van der Waals surface area contributed by atoms with E-state index in [1.807, 2.05) is 19.1 Å². The summed E-state index contributed by atoms with van der Waals surface area (Å²) in [4.78, 5) is 25.3. The molecule has 1 amide bonds. The molecule has 0 saturated heterocycles. The Balaban J connectivity index is 1.69. The van der Waals surface area contributed by atoms with Crippen LogP contribution in [-0.4, -0.2) is 39.1 Å². The van der Waals surface area contributed by atoms with E-state index >= 15 is 0 Å². The van der Waals surface area contributed by atoms with E-state index < -0.39 is 0 Å². The molecular weight excluding hydrogens is 388 g/mol. The molecule has 0 atom stereocenters. The number of thiazole rings is 1. The maximum absolute atomic E-state index is 12.5. The molecule has 1 aromatic carbocycles. The van der Waals surface area contributed by atoms with Crippen molar-refractivity contribution in [1.29, 1.82) is 0 Å². The van der Waals surface area contributed by atoms with Gasteiger partial charge in [-0.3, -0.25) is 4.79 Å². The van der Waals surface area contributed by atoms with E-state index in [1.54, 1.807) is 12.1 Å². The van der Waals surface area contributed by atoms with Crippen LogP contribution < -0.4 is 16.0 Å². The molecule has 10 heteroatoms. The lowest BCUT2D eigenvalue weighted by atomic mass is 10.2. The lowest BCUT2D eigenvalue weighted by Gasteiger charge is -2.08. The Bertz CT molecular complexity index is 928. The highest BCUT2D eigenvalue weighted by Crippen LogP contribution is 2.27. The van der Waals surface area contributed by atoms with Crippen LogP contribution in [0.2, 0.25) is 5.02 Å². The molecule has 0 saturated carbocycles. The van der Waals surface area contributed by atoms with Crippen LogP contribution in [0.3, 0.4) is 0 Å². The van der Waals surface area contributed by atoms with Gasteiger partial charge in [-0.05, 0) is 18.6 Å². The van der Waals surface area contributed by atoms with Gasteiger partial charge in [-0.15, -0.1) is 0 Å². The fraction of sp³-hybridized carbons (Fsp3) is 0.176. The first-order valence-electron chi connectivity index (χ1n) is 8.03. The van der Waals surface area contributed by atoms with Crippen molar-refractivity contribution in [2.45, 2.75) is 6.92 Å². The van der Waals surface area contributed by atoms with Gasteiger partial charge < -0.3 is 21.1 Å². The maximum atomic E-state index is 12.5. The summed E-state index contributed by atoms with van der Waals surface area (Å²) in [6, 6.07) is 7.11. The second-order valence-corrected chi connectivity index (χ2v) is 6.92. The van der Waals surface area contributed by atoms with Crippen molar-refractivity contribution >= 4 is 51.3 Å². The van der Waals surface area contributed by atoms with Crippen molar-refractivity contribution in [1.82, 2.24) is 15.0 Å². The zero-order chi connectivity index (χ0) is 19.2. The number of anilines is 4. The summed E-state index contributed by atoms with van der Waals surface area (Å²) in [6.45, 7) is 2.26. The summed E-state index contributed by atoms with van der Waals surface area (Å²) in [5.74, 6) is 0.809. The highest BCUT2D eigenvalue weighted by atomic mass is 35.5. The van der Waals surface area contributed by atoms with Gasteiger partial charge >= 0.3 is 0 Å². The zero-order valence-corrected chi connectivity index (χ0v) is 15.9. The number of hydrogen-bond donors (Lipinski definition) is 4. The van der Waals surface area contributed by atoms with Gasteiger partial charge in [0.1, 0.15) is 22.8 Å². The Kier molecular flexibility index (Phi) is 6.17. The number of para-hydroxylation sites is 1. The molecule has 0 aliphatic heterocycles. The zero-order valence-electron chi connectivity index (χ0n) is 14.4. The third-order valence-electron chi connectivity index (χ3n) is 3.51. The number of aliphatic hydroxyl groups excluding tert-OH is 1. The topological polar surface area (TPSA) is 112 Å². The smallest absolute Gasteiger partial charge is 0.267 e. The number of aliphatic hydroxyl groups is 1. The second-order valence-electron chi connectivity index (χ2n) is 5.48. The number of halogens is 1. The average molecular weight is 405 g/mol.